The van der Waals surface area contributed by atoms with E-state index in [4.69, 9.17) is 0 Å². The molecule has 0 atom stereocenters. The van der Waals surface area contributed by atoms with Gasteiger partial charge < -0.3 is 0 Å². The Morgan fingerprint density at radius 1 is 1.60 bits per heavy atom. The van der Waals surface area contributed by atoms with Crippen molar-refractivity contribution in [3.05, 3.63) is 12.3 Å². The molecule has 0 fully saturated rings. The fourth-order valence-electron chi connectivity index (χ4n) is 0.901. The SMILES string of the molecule is CCCNN1C=CCN1C. The van der Waals surface area contributed by atoms with Crippen LogP contribution in [0.4, 0.5) is 0 Å². The van der Waals surface area contributed by atoms with Crippen LogP contribution in [0, 0.1) is 0 Å². The molecule has 1 rings (SSSR count). The van der Waals surface area contributed by atoms with Crippen LogP contribution in [0.5, 0.6) is 0 Å². The summed E-state index contributed by atoms with van der Waals surface area (Å²) in [6, 6.07) is 0. The van der Waals surface area contributed by atoms with Gasteiger partial charge in [0.25, 0.3) is 0 Å². The van der Waals surface area contributed by atoms with Gasteiger partial charge in [-0.2, -0.15) is 0 Å². The Hall–Kier alpha value is -0.540. The molecule has 0 bridgehead atoms. The van der Waals surface area contributed by atoms with Crippen molar-refractivity contribution in [1.29, 1.82) is 0 Å². The predicted molar refractivity (Wildman–Crippen MR) is 41.9 cm³/mol. The summed E-state index contributed by atoms with van der Waals surface area (Å²) in [6.07, 6.45) is 5.34. The summed E-state index contributed by atoms with van der Waals surface area (Å²) in [7, 11) is 2.06. The number of rotatable bonds is 3. The van der Waals surface area contributed by atoms with E-state index in [1.807, 2.05) is 5.12 Å². The molecule has 3 heteroatoms. The van der Waals surface area contributed by atoms with Crippen molar-refractivity contribution in [2.75, 3.05) is 20.1 Å². The van der Waals surface area contributed by atoms with Crippen LogP contribution < -0.4 is 5.43 Å². The van der Waals surface area contributed by atoms with Crippen molar-refractivity contribution in [2.45, 2.75) is 13.3 Å². The molecule has 10 heavy (non-hydrogen) atoms. The quantitative estimate of drug-likeness (QED) is 0.620. The zero-order chi connectivity index (χ0) is 7.40. The molecule has 1 heterocycles. The number of likely N-dealkylation sites (N-methyl/N-ethyl adjacent to an activating group) is 1. The Kier molecular flexibility index (Phi) is 2.71. The largest absolute Gasteiger partial charge is 0.247 e. The lowest BCUT2D eigenvalue weighted by Gasteiger charge is -2.25. The van der Waals surface area contributed by atoms with E-state index in [9.17, 15) is 0 Å². The van der Waals surface area contributed by atoms with Crippen LogP contribution in [0.15, 0.2) is 12.3 Å². The molecule has 1 aliphatic heterocycles. The third kappa shape index (κ3) is 1.72. The Labute approximate surface area is 62.2 Å². The molecule has 0 aromatic rings. The average molecular weight is 141 g/mol. The number of hydrazine groups is 2. The smallest absolute Gasteiger partial charge is 0.0391 e. The van der Waals surface area contributed by atoms with Crippen molar-refractivity contribution >= 4 is 0 Å². The molecule has 0 amide bonds. The Morgan fingerprint density at radius 3 is 2.90 bits per heavy atom. The van der Waals surface area contributed by atoms with Gasteiger partial charge in [0.2, 0.25) is 0 Å². The van der Waals surface area contributed by atoms with Crippen molar-refractivity contribution in [2.24, 2.45) is 0 Å². The summed E-state index contributed by atoms with van der Waals surface area (Å²) in [5.74, 6) is 0. The van der Waals surface area contributed by atoms with Crippen molar-refractivity contribution in [3.8, 4) is 0 Å². The molecule has 0 unspecified atom stereocenters. The van der Waals surface area contributed by atoms with Crippen LogP contribution in [-0.2, 0) is 0 Å². The molecule has 1 aliphatic rings. The first-order chi connectivity index (χ1) is 4.84. The summed E-state index contributed by atoms with van der Waals surface area (Å²) < 4.78 is 0. The molecule has 0 spiro atoms. The van der Waals surface area contributed by atoms with E-state index in [1.165, 1.54) is 0 Å². The van der Waals surface area contributed by atoms with Gasteiger partial charge in [0.15, 0.2) is 0 Å². The number of hydrogen-bond acceptors (Lipinski definition) is 3. The Morgan fingerprint density at radius 2 is 2.40 bits per heavy atom. The summed E-state index contributed by atoms with van der Waals surface area (Å²) in [5.41, 5.74) is 3.25. The maximum atomic E-state index is 3.25. The zero-order valence-corrected chi connectivity index (χ0v) is 6.67. The maximum Gasteiger partial charge on any atom is 0.0391 e. The van der Waals surface area contributed by atoms with Crippen molar-refractivity contribution in [1.82, 2.24) is 15.6 Å². The van der Waals surface area contributed by atoms with Gasteiger partial charge in [0.05, 0.1) is 0 Å². The maximum absolute atomic E-state index is 3.25. The topological polar surface area (TPSA) is 18.5 Å². The monoisotopic (exact) mass is 141 g/mol. The molecule has 0 radical (unpaired) electrons. The second-order valence-corrected chi connectivity index (χ2v) is 2.48. The van der Waals surface area contributed by atoms with E-state index >= 15 is 0 Å². The van der Waals surface area contributed by atoms with Crippen molar-refractivity contribution < 1.29 is 0 Å². The zero-order valence-electron chi connectivity index (χ0n) is 6.67. The summed E-state index contributed by atoms with van der Waals surface area (Å²) in [5, 5.41) is 4.14. The molecular weight excluding hydrogens is 126 g/mol. The first-order valence-corrected chi connectivity index (χ1v) is 3.75. The first kappa shape index (κ1) is 7.57. The van der Waals surface area contributed by atoms with Crippen LogP contribution in [0.3, 0.4) is 0 Å². The van der Waals surface area contributed by atoms with E-state index in [2.05, 4.69) is 36.7 Å². The normalized spacial score (nSPS) is 18.8. The molecule has 1 N–H and O–H groups in total. The van der Waals surface area contributed by atoms with Crippen LogP contribution >= 0.6 is 0 Å². The van der Waals surface area contributed by atoms with Gasteiger partial charge in [-0.3, -0.25) is 0 Å². The number of nitrogens with one attached hydrogen (secondary N) is 1. The highest BCUT2D eigenvalue weighted by Gasteiger charge is 2.08. The van der Waals surface area contributed by atoms with Gasteiger partial charge >= 0.3 is 0 Å². The molecule has 0 aromatic carbocycles. The third-order valence-corrected chi connectivity index (χ3v) is 1.51. The highest BCUT2D eigenvalue weighted by molar-refractivity contribution is 4.88. The van der Waals surface area contributed by atoms with Crippen LogP contribution in [0.25, 0.3) is 0 Å². The average Bonchev–Trinajstić information content (AvgIpc) is 2.31. The fourth-order valence-corrected chi connectivity index (χ4v) is 0.901. The van der Waals surface area contributed by atoms with Gasteiger partial charge in [-0.1, -0.05) is 6.92 Å². The van der Waals surface area contributed by atoms with Gasteiger partial charge in [-0.05, 0) is 12.5 Å². The molecule has 0 aromatic heterocycles. The predicted octanol–water partition coefficient (Wildman–Crippen LogP) is 0.577. The molecule has 0 saturated heterocycles. The van der Waals surface area contributed by atoms with E-state index in [0.717, 1.165) is 19.5 Å². The molecule has 0 aliphatic carbocycles. The third-order valence-electron chi connectivity index (χ3n) is 1.51. The summed E-state index contributed by atoms with van der Waals surface area (Å²) in [6.45, 7) is 4.21. The van der Waals surface area contributed by atoms with E-state index in [-0.39, 0.29) is 0 Å². The Bertz CT molecular complexity index is 122. The lowest BCUT2D eigenvalue weighted by atomic mass is 10.5. The highest BCUT2D eigenvalue weighted by Crippen LogP contribution is 1.99. The Balaban J connectivity index is 2.20. The number of hydrogen-bond donors (Lipinski definition) is 1. The molecule has 3 nitrogen and oxygen atoms in total. The second-order valence-electron chi connectivity index (χ2n) is 2.48. The molecule has 0 saturated carbocycles. The minimum atomic E-state index is 1.01. The van der Waals surface area contributed by atoms with E-state index in [1.54, 1.807) is 0 Å². The minimum Gasteiger partial charge on any atom is -0.247 e. The van der Waals surface area contributed by atoms with Crippen LogP contribution in [0.1, 0.15) is 13.3 Å². The van der Waals surface area contributed by atoms with Crippen molar-refractivity contribution in [3.63, 3.8) is 0 Å². The van der Waals surface area contributed by atoms with Gasteiger partial charge in [0.1, 0.15) is 0 Å². The fraction of sp³-hybridized carbons (Fsp3) is 0.714. The minimum absolute atomic E-state index is 1.01. The lowest BCUT2D eigenvalue weighted by molar-refractivity contribution is 0.0291. The lowest BCUT2D eigenvalue weighted by Crippen LogP contribution is -2.42. The summed E-state index contributed by atoms with van der Waals surface area (Å²) >= 11 is 0. The first-order valence-electron chi connectivity index (χ1n) is 3.75. The highest BCUT2D eigenvalue weighted by atomic mass is 15.8. The van der Waals surface area contributed by atoms with E-state index in [0.29, 0.717) is 0 Å². The summed E-state index contributed by atoms with van der Waals surface area (Å²) in [4.78, 5) is 0. The van der Waals surface area contributed by atoms with E-state index < -0.39 is 0 Å². The van der Waals surface area contributed by atoms with Gasteiger partial charge in [0, 0.05) is 26.3 Å². The van der Waals surface area contributed by atoms with Gasteiger partial charge in [-0.25, -0.2) is 15.6 Å². The van der Waals surface area contributed by atoms with Crippen LogP contribution in [0.2, 0.25) is 0 Å². The van der Waals surface area contributed by atoms with Gasteiger partial charge in [-0.15, -0.1) is 0 Å². The standard InChI is InChI=1S/C7H15N3/c1-3-5-8-10-7-4-6-9(10)2/h4,7-8H,3,5-6H2,1-2H3. The van der Waals surface area contributed by atoms with Crippen LogP contribution in [-0.4, -0.2) is 30.3 Å². The number of nitrogens with zero attached hydrogens (tertiary/aromatic N) is 2. The second kappa shape index (κ2) is 3.58. The molecular formula is C7H15N3. The molecule has 58 valence electrons.